The van der Waals surface area contributed by atoms with Crippen LogP contribution in [0.2, 0.25) is 0 Å². The summed E-state index contributed by atoms with van der Waals surface area (Å²) in [7, 11) is 0. The fourth-order valence-corrected chi connectivity index (χ4v) is 1.92. The van der Waals surface area contributed by atoms with Crippen LogP contribution in [0.25, 0.3) is 0 Å². The third-order valence-corrected chi connectivity index (χ3v) is 2.88. The van der Waals surface area contributed by atoms with Gasteiger partial charge in [0.2, 0.25) is 0 Å². The lowest BCUT2D eigenvalue weighted by atomic mass is 10.2. The zero-order valence-corrected chi connectivity index (χ0v) is 10.6. The molecule has 0 unspecified atom stereocenters. The van der Waals surface area contributed by atoms with Crippen LogP contribution in [0, 0.1) is 17.5 Å². The van der Waals surface area contributed by atoms with Crippen molar-refractivity contribution in [2.45, 2.75) is 26.4 Å². The van der Waals surface area contributed by atoms with E-state index < -0.39 is 17.5 Å². The summed E-state index contributed by atoms with van der Waals surface area (Å²) in [5, 5.41) is 2.78. The Bertz CT molecular complexity index is 564. The molecule has 1 aromatic carbocycles. The zero-order valence-electron chi connectivity index (χ0n) is 10.6. The van der Waals surface area contributed by atoms with Crippen LogP contribution in [-0.4, -0.2) is 4.57 Å². The first-order chi connectivity index (χ1) is 9.13. The fraction of sp³-hybridized carbons (Fsp3) is 0.286. The number of nitrogens with zero attached hydrogens (tertiary/aromatic N) is 1. The van der Waals surface area contributed by atoms with Crippen LogP contribution in [0.15, 0.2) is 30.5 Å². The average molecular weight is 268 g/mol. The second-order valence-corrected chi connectivity index (χ2v) is 4.27. The van der Waals surface area contributed by atoms with Gasteiger partial charge in [0, 0.05) is 18.4 Å². The first-order valence-corrected chi connectivity index (χ1v) is 6.15. The van der Waals surface area contributed by atoms with Crippen molar-refractivity contribution in [2.24, 2.45) is 0 Å². The second-order valence-electron chi connectivity index (χ2n) is 4.27. The molecule has 2 rings (SSSR count). The number of hydrogen-bond donors (Lipinski definition) is 1. The lowest BCUT2D eigenvalue weighted by molar-refractivity contribution is 0.449. The molecule has 0 spiro atoms. The molecule has 0 amide bonds. The molecule has 0 radical (unpaired) electrons. The fourth-order valence-electron chi connectivity index (χ4n) is 1.92. The van der Waals surface area contributed by atoms with E-state index in [1.54, 1.807) is 0 Å². The Morgan fingerprint density at radius 3 is 2.63 bits per heavy atom. The largest absolute Gasteiger partial charge is 0.377 e. The summed E-state index contributed by atoms with van der Waals surface area (Å²) in [6.45, 7) is 3.28. The Kier molecular flexibility index (Phi) is 4.14. The Balaban J connectivity index is 2.10. The van der Waals surface area contributed by atoms with Crippen LogP contribution in [0.4, 0.5) is 18.9 Å². The molecule has 1 N–H and O–H groups in total. The molecular weight excluding hydrogens is 253 g/mol. The molecule has 0 bridgehead atoms. The van der Waals surface area contributed by atoms with Gasteiger partial charge in [0.15, 0.2) is 17.5 Å². The van der Waals surface area contributed by atoms with Gasteiger partial charge in [-0.1, -0.05) is 6.92 Å². The monoisotopic (exact) mass is 268 g/mol. The number of anilines is 1. The molecule has 0 aliphatic heterocycles. The van der Waals surface area contributed by atoms with E-state index in [1.165, 1.54) is 6.07 Å². The third-order valence-electron chi connectivity index (χ3n) is 2.88. The predicted octanol–water partition coefficient (Wildman–Crippen LogP) is 3.93. The lowest BCUT2D eigenvalue weighted by Crippen LogP contribution is -2.08. The first-order valence-electron chi connectivity index (χ1n) is 6.15. The molecule has 0 saturated carbocycles. The topological polar surface area (TPSA) is 17.0 Å². The van der Waals surface area contributed by atoms with Crippen molar-refractivity contribution in [3.63, 3.8) is 0 Å². The summed E-state index contributed by atoms with van der Waals surface area (Å²) in [6.07, 6.45) is 2.92. The smallest absolute Gasteiger partial charge is 0.196 e. The Morgan fingerprint density at radius 1 is 1.11 bits per heavy atom. The van der Waals surface area contributed by atoms with E-state index in [4.69, 9.17) is 0 Å². The van der Waals surface area contributed by atoms with E-state index in [0.717, 1.165) is 24.7 Å². The summed E-state index contributed by atoms with van der Waals surface area (Å²) in [4.78, 5) is 0. The molecule has 5 heteroatoms. The van der Waals surface area contributed by atoms with Crippen LogP contribution >= 0.6 is 0 Å². The standard InChI is InChI=1S/C14H15F3N2/c1-2-7-19-8-3-4-10(19)9-18-12-6-5-11(15)13(16)14(12)17/h3-6,8,18H,2,7,9H2,1H3. The van der Waals surface area contributed by atoms with Crippen molar-refractivity contribution in [1.82, 2.24) is 4.57 Å². The number of rotatable bonds is 5. The molecule has 19 heavy (non-hydrogen) atoms. The van der Waals surface area contributed by atoms with Crippen molar-refractivity contribution in [3.05, 3.63) is 53.6 Å². The van der Waals surface area contributed by atoms with Crippen molar-refractivity contribution in [3.8, 4) is 0 Å². The highest BCUT2D eigenvalue weighted by Crippen LogP contribution is 2.20. The normalized spacial score (nSPS) is 10.7. The quantitative estimate of drug-likeness (QED) is 0.813. The van der Waals surface area contributed by atoms with Gasteiger partial charge in [-0.05, 0) is 30.7 Å². The summed E-state index contributed by atoms with van der Waals surface area (Å²) in [6, 6.07) is 5.90. The van der Waals surface area contributed by atoms with Gasteiger partial charge in [-0.3, -0.25) is 0 Å². The Labute approximate surface area is 109 Å². The summed E-state index contributed by atoms with van der Waals surface area (Å²) in [5.41, 5.74) is 0.925. The van der Waals surface area contributed by atoms with Crippen LogP contribution in [0.3, 0.4) is 0 Å². The summed E-state index contributed by atoms with van der Waals surface area (Å²) >= 11 is 0. The van der Waals surface area contributed by atoms with Gasteiger partial charge in [-0.2, -0.15) is 0 Å². The van der Waals surface area contributed by atoms with Crippen LogP contribution in [0.1, 0.15) is 19.0 Å². The van der Waals surface area contributed by atoms with E-state index in [1.807, 2.05) is 22.9 Å². The highest BCUT2D eigenvalue weighted by atomic mass is 19.2. The molecule has 0 fully saturated rings. The molecule has 0 aliphatic carbocycles. The maximum absolute atomic E-state index is 13.5. The maximum atomic E-state index is 13.5. The zero-order chi connectivity index (χ0) is 13.8. The van der Waals surface area contributed by atoms with Gasteiger partial charge in [-0.15, -0.1) is 0 Å². The number of aryl methyl sites for hydroxylation is 1. The van der Waals surface area contributed by atoms with Gasteiger partial charge in [0.1, 0.15) is 0 Å². The predicted molar refractivity (Wildman–Crippen MR) is 68.4 cm³/mol. The SMILES string of the molecule is CCCn1cccc1CNc1ccc(F)c(F)c1F. The minimum atomic E-state index is -1.45. The minimum Gasteiger partial charge on any atom is -0.377 e. The Morgan fingerprint density at radius 2 is 1.89 bits per heavy atom. The number of hydrogen-bond acceptors (Lipinski definition) is 1. The van der Waals surface area contributed by atoms with Gasteiger partial charge < -0.3 is 9.88 Å². The molecule has 0 saturated heterocycles. The molecule has 102 valence electrons. The maximum Gasteiger partial charge on any atom is 0.196 e. The highest BCUT2D eigenvalue weighted by Gasteiger charge is 2.13. The van der Waals surface area contributed by atoms with Crippen molar-refractivity contribution in [1.29, 1.82) is 0 Å². The van der Waals surface area contributed by atoms with E-state index in [-0.39, 0.29) is 5.69 Å². The Hall–Kier alpha value is -1.91. The average Bonchev–Trinajstić information content (AvgIpc) is 2.83. The first kappa shape index (κ1) is 13.5. The van der Waals surface area contributed by atoms with E-state index >= 15 is 0 Å². The summed E-state index contributed by atoms with van der Waals surface area (Å²) < 4.78 is 41.3. The van der Waals surface area contributed by atoms with Gasteiger partial charge in [-0.25, -0.2) is 13.2 Å². The van der Waals surface area contributed by atoms with Crippen molar-refractivity contribution < 1.29 is 13.2 Å². The lowest BCUT2D eigenvalue weighted by Gasteiger charge is -2.11. The van der Waals surface area contributed by atoms with E-state index in [2.05, 4.69) is 12.2 Å². The molecule has 1 heterocycles. The molecule has 0 aliphatic rings. The van der Waals surface area contributed by atoms with Crippen molar-refractivity contribution in [2.75, 3.05) is 5.32 Å². The molecule has 0 atom stereocenters. The van der Waals surface area contributed by atoms with Gasteiger partial charge in [0.25, 0.3) is 0 Å². The van der Waals surface area contributed by atoms with Crippen LogP contribution in [-0.2, 0) is 13.1 Å². The number of benzene rings is 1. The van der Waals surface area contributed by atoms with Crippen LogP contribution in [0.5, 0.6) is 0 Å². The molecule has 1 aromatic heterocycles. The molecule has 2 aromatic rings. The van der Waals surface area contributed by atoms with Gasteiger partial charge in [0.05, 0.1) is 12.2 Å². The third kappa shape index (κ3) is 2.92. The van der Waals surface area contributed by atoms with Gasteiger partial charge >= 0.3 is 0 Å². The van der Waals surface area contributed by atoms with E-state index in [9.17, 15) is 13.2 Å². The highest BCUT2D eigenvalue weighted by molar-refractivity contribution is 5.45. The number of aromatic nitrogens is 1. The number of halogens is 3. The molecule has 2 nitrogen and oxygen atoms in total. The summed E-state index contributed by atoms with van der Waals surface area (Å²) in [5.74, 6) is -3.82. The van der Waals surface area contributed by atoms with Crippen molar-refractivity contribution >= 4 is 5.69 Å². The molecular formula is C14H15F3N2. The van der Waals surface area contributed by atoms with E-state index in [0.29, 0.717) is 6.54 Å². The minimum absolute atomic E-state index is 0.0388. The number of nitrogens with one attached hydrogen (secondary N) is 1. The second kappa shape index (κ2) is 5.82. The van der Waals surface area contributed by atoms with Crippen LogP contribution < -0.4 is 5.32 Å².